The van der Waals surface area contributed by atoms with Crippen LogP contribution in [0.5, 0.6) is 0 Å². The molecule has 0 radical (unpaired) electrons. The van der Waals surface area contributed by atoms with E-state index in [4.69, 9.17) is 14.0 Å². The zero-order valence-corrected chi connectivity index (χ0v) is 12.5. The maximum absolute atomic E-state index is 11.8. The summed E-state index contributed by atoms with van der Waals surface area (Å²) in [7, 11) is -0.416. The number of hydrogen-bond acceptors (Lipinski definition) is 5. The molecule has 0 N–H and O–H groups in total. The number of esters is 1. The topological polar surface area (TPSA) is 57.7 Å². The lowest BCUT2D eigenvalue weighted by molar-refractivity contribution is 0.00628. The lowest BCUT2D eigenvalue weighted by atomic mass is 9.80. The molecular weight excluding hydrogens is 257 g/mol. The Morgan fingerprint density at radius 3 is 2.30 bits per heavy atom. The number of carbonyl (C=O) groups excluding carboxylic acids is 1. The van der Waals surface area contributed by atoms with Gasteiger partial charge in [-0.15, -0.1) is 0 Å². The molecule has 6 heteroatoms. The highest BCUT2D eigenvalue weighted by molar-refractivity contribution is 6.61. The van der Waals surface area contributed by atoms with Gasteiger partial charge in [0.2, 0.25) is 0 Å². The van der Waals surface area contributed by atoms with Crippen LogP contribution in [0.15, 0.2) is 18.3 Å². The Kier molecular flexibility index (Phi) is 4.15. The van der Waals surface area contributed by atoms with Crippen molar-refractivity contribution in [2.24, 2.45) is 0 Å². The number of hydrogen-bond donors (Lipinski definition) is 0. The number of nitrogens with zero attached hydrogens (tertiary/aromatic N) is 1. The molecule has 0 bridgehead atoms. The average molecular weight is 277 g/mol. The van der Waals surface area contributed by atoms with Crippen LogP contribution < -0.4 is 5.46 Å². The smallest absolute Gasteiger partial charge is 0.455 e. The first-order valence-corrected chi connectivity index (χ1v) is 6.76. The Morgan fingerprint density at radius 1 is 1.25 bits per heavy atom. The lowest BCUT2D eigenvalue weighted by Gasteiger charge is -2.19. The van der Waals surface area contributed by atoms with Gasteiger partial charge in [0, 0.05) is 11.7 Å². The Balaban J connectivity index is 2.05. The quantitative estimate of drug-likeness (QED) is 0.606. The van der Waals surface area contributed by atoms with E-state index in [0.29, 0.717) is 0 Å². The Bertz CT molecular complexity index is 473. The summed E-state index contributed by atoms with van der Waals surface area (Å²) in [6, 6.07) is 3.41. The maximum atomic E-state index is 11.8. The number of carbonyl (C=O) groups is 1. The van der Waals surface area contributed by atoms with Crippen LogP contribution in [-0.2, 0) is 14.0 Å². The van der Waals surface area contributed by atoms with E-state index in [9.17, 15) is 4.79 Å². The normalized spacial score (nSPS) is 22.9. The van der Waals surface area contributed by atoms with Crippen LogP contribution in [0.1, 0.15) is 45.1 Å². The second-order valence-corrected chi connectivity index (χ2v) is 5.99. The molecule has 108 valence electrons. The fourth-order valence-corrected chi connectivity index (χ4v) is 1.80. The van der Waals surface area contributed by atoms with E-state index in [1.807, 2.05) is 34.6 Å². The molecule has 1 aromatic rings. The minimum absolute atomic E-state index is 0.0468. The predicted molar refractivity (Wildman–Crippen MR) is 75.9 cm³/mol. The van der Waals surface area contributed by atoms with Gasteiger partial charge in [0.25, 0.3) is 0 Å². The van der Waals surface area contributed by atoms with E-state index >= 15 is 0 Å². The van der Waals surface area contributed by atoms with E-state index < -0.39 is 18.7 Å². The third kappa shape index (κ3) is 3.58. The van der Waals surface area contributed by atoms with Gasteiger partial charge in [-0.25, -0.2) is 9.78 Å². The molecule has 2 unspecified atom stereocenters. The number of rotatable bonds is 2. The van der Waals surface area contributed by atoms with Gasteiger partial charge in [-0.05, 0) is 40.7 Å². The van der Waals surface area contributed by atoms with Crippen molar-refractivity contribution in [2.75, 3.05) is 0 Å². The summed E-state index contributed by atoms with van der Waals surface area (Å²) in [6.45, 7) is 9.40. The molecule has 1 aliphatic rings. The van der Waals surface area contributed by atoms with E-state index in [2.05, 4.69) is 4.98 Å². The first kappa shape index (κ1) is 15.0. The van der Waals surface area contributed by atoms with E-state index in [-0.39, 0.29) is 17.9 Å². The summed E-state index contributed by atoms with van der Waals surface area (Å²) in [5, 5.41) is 0. The van der Waals surface area contributed by atoms with Crippen LogP contribution in [0.4, 0.5) is 0 Å². The summed E-state index contributed by atoms with van der Waals surface area (Å²) in [6.07, 6.45) is 1.69. The van der Waals surface area contributed by atoms with Gasteiger partial charge < -0.3 is 14.0 Å². The first-order chi connectivity index (χ1) is 9.26. The van der Waals surface area contributed by atoms with Crippen LogP contribution in [0.25, 0.3) is 0 Å². The zero-order valence-electron chi connectivity index (χ0n) is 12.5. The van der Waals surface area contributed by atoms with Crippen molar-refractivity contribution in [3.8, 4) is 0 Å². The molecule has 0 aliphatic carbocycles. The fraction of sp³-hybridized carbons (Fsp3) is 0.571. The molecule has 1 saturated heterocycles. The highest BCUT2D eigenvalue weighted by atomic mass is 16.7. The van der Waals surface area contributed by atoms with Crippen LogP contribution in [0, 0.1) is 0 Å². The van der Waals surface area contributed by atoms with Crippen molar-refractivity contribution in [1.29, 1.82) is 0 Å². The van der Waals surface area contributed by atoms with Gasteiger partial charge in [-0.3, -0.25) is 0 Å². The first-order valence-electron chi connectivity index (χ1n) is 6.76. The van der Waals surface area contributed by atoms with Crippen molar-refractivity contribution >= 4 is 18.6 Å². The Labute approximate surface area is 119 Å². The summed E-state index contributed by atoms with van der Waals surface area (Å²) in [5.41, 5.74) is 0.552. The van der Waals surface area contributed by atoms with Gasteiger partial charge in [0.15, 0.2) is 0 Å². The van der Waals surface area contributed by atoms with Crippen LogP contribution in [0.2, 0.25) is 0 Å². The molecular formula is C14H20BNO4. The predicted octanol–water partition coefficient (Wildman–Crippen LogP) is 1.56. The summed E-state index contributed by atoms with van der Waals surface area (Å²) >= 11 is 0. The summed E-state index contributed by atoms with van der Waals surface area (Å²) in [5.74, 6) is -0.431. The molecule has 2 rings (SSSR count). The van der Waals surface area contributed by atoms with Gasteiger partial charge in [-0.1, -0.05) is 6.07 Å². The minimum Gasteiger partial charge on any atom is -0.455 e. The Morgan fingerprint density at radius 2 is 1.85 bits per heavy atom. The van der Waals surface area contributed by atoms with Crippen LogP contribution >= 0.6 is 0 Å². The molecule has 0 spiro atoms. The highest BCUT2D eigenvalue weighted by Crippen LogP contribution is 2.15. The zero-order chi connectivity index (χ0) is 14.9. The number of aromatic nitrogens is 1. The maximum Gasteiger partial charge on any atom is 0.496 e. The highest BCUT2D eigenvalue weighted by Gasteiger charge is 2.36. The molecule has 20 heavy (non-hydrogen) atoms. The molecule has 0 aromatic carbocycles. The van der Waals surface area contributed by atoms with Gasteiger partial charge in [-0.2, -0.15) is 0 Å². The van der Waals surface area contributed by atoms with E-state index in [1.54, 1.807) is 18.3 Å². The van der Waals surface area contributed by atoms with Crippen molar-refractivity contribution in [2.45, 2.75) is 52.4 Å². The van der Waals surface area contributed by atoms with Crippen LogP contribution in [0.3, 0.4) is 0 Å². The second-order valence-electron chi connectivity index (χ2n) is 5.99. The molecule has 1 aromatic heterocycles. The standard InChI is InChI=1S/C14H20BNO4/c1-9-10(2)20-15(19-9)11-6-7-12(16-8-11)13(17)18-14(3,4)5/h6-10H,1-5H3. The minimum atomic E-state index is -0.528. The second kappa shape index (κ2) is 5.54. The van der Waals surface area contributed by atoms with Gasteiger partial charge >= 0.3 is 13.1 Å². The van der Waals surface area contributed by atoms with Gasteiger partial charge in [0.1, 0.15) is 11.3 Å². The monoisotopic (exact) mass is 277 g/mol. The third-order valence-electron chi connectivity index (χ3n) is 3.00. The largest absolute Gasteiger partial charge is 0.496 e. The third-order valence-corrected chi connectivity index (χ3v) is 3.00. The number of ether oxygens (including phenoxy) is 1. The molecule has 2 atom stereocenters. The molecule has 0 amide bonds. The molecule has 2 heterocycles. The van der Waals surface area contributed by atoms with E-state index in [0.717, 1.165) is 5.46 Å². The van der Waals surface area contributed by atoms with Crippen molar-refractivity contribution in [3.05, 3.63) is 24.0 Å². The van der Waals surface area contributed by atoms with Gasteiger partial charge in [0.05, 0.1) is 12.2 Å². The SMILES string of the molecule is CC1OB(c2ccc(C(=O)OC(C)(C)C)nc2)OC1C. The average Bonchev–Trinajstić information content (AvgIpc) is 2.68. The molecule has 1 aliphatic heterocycles. The van der Waals surface area contributed by atoms with Crippen LogP contribution in [-0.4, -0.2) is 35.9 Å². The van der Waals surface area contributed by atoms with E-state index in [1.165, 1.54) is 0 Å². The fourth-order valence-electron chi connectivity index (χ4n) is 1.80. The summed E-state index contributed by atoms with van der Waals surface area (Å²) < 4.78 is 16.6. The number of pyridine rings is 1. The van der Waals surface area contributed by atoms with Crippen molar-refractivity contribution < 1.29 is 18.8 Å². The molecule has 1 fully saturated rings. The lowest BCUT2D eigenvalue weighted by Crippen LogP contribution is -2.33. The van der Waals surface area contributed by atoms with Crippen molar-refractivity contribution in [3.63, 3.8) is 0 Å². The summed E-state index contributed by atoms with van der Waals surface area (Å²) in [4.78, 5) is 16.0. The van der Waals surface area contributed by atoms with Crippen molar-refractivity contribution in [1.82, 2.24) is 4.98 Å². The molecule has 0 saturated carbocycles. The molecule has 5 nitrogen and oxygen atoms in total. The Hall–Kier alpha value is -1.40.